The van der Waals surface area contributed by atoms with Crippen molar-refractivity contribution in [2.45, 2.75) is 25.8 Å². The van der Waals surface area contributed by atoms with E-state index in [0.717, 1.165) is 18.4 Å². The molecule has 0 spiro atoms. The average Bonchev–Trinajstić information content (AvgIpc) is 2.45. The monoisotopic (exact) mass is 284 g/mol. The van der Waals surface area contributed by atoms with Gasteiger partial charge in [0.15, 0.2) is 0 Å². The predicted molar refractivity (Wildman–Crippen MR) is 76.8 cm³/mol. The average molecular weight is 284 g/mol. The molecule has 0 radical (unpaired) electrons. The van der Waals surface area contributed by atoms with Crippen LogP contribution in [0.15, 0.2) is 30.3 Å². The maximum atomic E-state index is 8.78. The second-order valence-electron chi connectivity index (χ2n) is 4.26. The number of unbranched alkanes of at least 4 members (excludes halogenated alkanes) is 1. The molecular weight excluding hydrogens is 260 g/mol. The van der Waals surface area contributed by atoms with Gasteiger partial charge in [-0.25, -0.2) is 0 Å². The molecule has 0 aliphatic heterocycles. The van der Waals surface area contributed by atoms with Crippen LogP contribution in [0.3, 0.4) is 0 Å². The fourth-order valence-electron chi connectivity index (χ4n) is 1.84. The minimum absolute atomic E-state index is 0.193. The molecule has 1 atom stereocenters. The third kappa shape index (κ3) is 5.84. The molecule has 1 aromatic carbocycles. The number of hydrogen-bond acceptors (Lipinski definition) is 4. The smallest absolute Gasteiger partial charge is 0.396 e. The molecule has 108 valence electrons. The van der Waals surface area contributed by atoms with E-state index in [-0.39, 0.29) is 6.61 Å². The van der Waals surface area contributed by atoms with E-state index < -0.39 is 8.80 Å². The Hall–Kier alpha value is -0.723. The van der Waals surface area contributed by atoms with Crippen molar-refractivity contribution in [3.63, 3.8) is 0 Å². The Morgan fingerprint density at radius 3 is 2.42 bits per heavy atom. The van der Waals surface area contributed by atoms with Crippen molar-refractivity contribution in [1.82, 2.24) is 0 Å². The first kappa shape index (κ1) is 16.3. The fourth-order valence-corrected chi connectivity index (χ4v) is 4.14. The van der Waals surface area contributed by atoms with Crippen LogP contribution in [-0.2, 0) is 19.3 Å². The lowest BCUT2D eigenvalue weighted by molar-refractivity contribution is 0.0780. The van der Waals surface area contributed by atoms with Crippen LogP contribution in [-0.4, -0.2) is 40.8 Å². The molecule has 0 saturated carbocycles. The quantitative estimate of drug-likeness (QED) is 0.528. The summed E-state index contributed by atoms with van der Waals surface area (Å²) in [5.74, 6) is 0. The zero-order chi connectivity index (χ0) is 14.0. The van der Waals surface area contributed by atoms with Gasteiger partial charge in [-0.15, -0.1) is 0 Å². The first-order valence-electron chi connectivity index (χ1n) is 6.74. The van der Waals surface area contributed by atoms with Gasteiger partial charge in [0.05, 0.1) is 0 Å². The van der Waals surface area contributed by atoms with Gasteiger partial charge in [-0.1, -0.05) is 30.3 Å². The summed E-state index contributed by atoms with van der Waals surface area (Å²) in [4.78, 5) is 0. The summed E-state index contributed by atoms with van der Waals surface area (Å²) in [5.41, 5.74) is 1.16. The lowest BCUT2D eigenvalue weighted by atomic mass is 10.2. The number of rotatable bonds is 10. The maximum Gasteiger partial charge on any atom is 0.505 e. The highest BCUT2D eigenvalue weighted by atomic mass is 28.4. The van der Waals surface area contributed by atoms with E-state index >= 15 is 0 Å². The predicted octanol–water partition coefficient (Wildman–Crippen LogP) is 2.18. The molecule has 5 heteroatoms. The van der Waals surface area contributed by atoms with E-state index in [1.807, 2.05) is 25.1 Å². The molecule has 1 aromatic rings. The third-order valence-electron chi connectivity index (χ3n) is 2.81. The molecule has 0 amide bonds. The minimum atomic E-state index is -2.64. The van der Waals surface area contributed by atoms with Gasteiger partial charge in [0.2, 0.25) is 0 Å². The second-order valence-corrected chi connectivity index (χ2v) is 6.97. The molecule has 1 unspecified atom stereocenters. The van der Waals surface area contributed by atoms with E-state index in [1.165, 1.54) is 0 Å². The van der Waals surface area contributed by atoms with Gasteiger partial charge in [-0.3, -0.25) is 0 Å². The van der Waals surface area contributed by atoms with Gasteiger partial charge in [0.1, 0.15) is 0 Å². The van der Waals surface area contributed by atoms with Crippen molar-refractivity contribution in [1.29, 1.82) is 0 Å². The molecule has 0 bridgehead atoms. The van der Waals surface area contributed by atoms with Crippen LogP contribution in [0.1, 0.15) is 25.3 Å². The molecule has 0 saturated heterocycles. The highest BCUT2D eigenvalue weighted by Crippen LogP contribution is 2.16. The van der Waals surface area contributed by atoms with Gasteiger partial charge < -0.3 is 18.4 Å². The molecule has 4 nitrogen and oxygen atoms in total. The van der Waals surface area contributed by atoms with Crippen LogP contribution in [0.5, 0.6) is 0 Å². The number of benzene rings is 1. The Morgan fingerprint density at radius 2 is 1.84 bits per heavy atom. The van der Waals surface area contributed by atoms with E-state index in [4.69, 9.17) is 18.4 Å². The van der Waals surface area contributed by atoms with E-state index in [2.05, 4.69) is 12.1 Å². The summed E-state index contributed by atoms with van der Waals surface area (Å²) in [6, 6.07) is 10.8. The first-order chi connectivity index (χ1) is 9.26. The molecule has 0 fully saturated rings. The zero-order valence-electron chi connectivity index (χ0n) is 11.8. The van der Waals surface area contributed by atoms with Crippen LogP contribution < -0.4 is 0 Å². The van der Waals surface area contributed by atoms with E-state index in [1.54, 1.807) is 7.11 Å². The number of aliphatic hydroxyl groups excluding tert-OH is 1. The number of hydrogen-bond donors (Lipinski definition) is 1. The summed E-state index contributed by atoms with van der Waals surface area (Å²) >= 11 is 0. The second kappa shape index (κ2) is 9.22. The van der Waals surface area contributed by atoms with Crippen LogP contribution in [0.25, 0.3) is 0 Å². The molecule has 1 N–H and O–H groups in total. The standard InChI is InChI=1S/C14H24O4Si/c1-3-17-19(16-2,18-12-8-7-11-15)13-14-9-5-4-6-10-14/h4-6,9-10,15H,3,7-8,11-13H2,1-2H3. The molecular formula is C14H24O4Si. The largest absolute Gasteiger partial charge is 0.505 e. The van der Waals surface area contributed by atoms with Crippen LogP contribution in [0, 0.1) is 0 Å². The summed E-state index contributed by atoms with van der Waals surface area (Å²) in [6.07, 6.45) is 1.56. The Morgan fingerprint density at radius 1 is 1.11 bits per heavy atom. The van der Waals surface area contributed by atoms with Crippen LogP contribution in [0.2, 0.25) is 0 Å². The topological polar surface area (TPSA) is 47.9 Å². The van der Waals surface area contributed by atoms with Gasteiger partial charge in [-0.05, 0) is 25.3 Å². The molecule has 19 heavy (non-hydrogen) atoms. The van der Waals surface area contributed by atoms with Gasteiger partial charge >= 0.3 is 8.80 Å². The van der Waals surface area contributed by atoms with E-state index in [9.17, 15) is 0 Å². The molecule has 0 heterocycles. The highest BCUT2D eigenvalue weighted by molar-refractivity contribution is 6.60. The lowest BCUT2D eigenvalue weighted by Crippen LogP contribution is -2.48. The highest BCUT2D eigenvalue weighted by Gasteiger charge is 2.39. The summed E-state index contributed by atoms with van der Waals surface area (Å²) in [7, 11) is -0.992. The Bertz CT molecular complexity index is 333. The first-order valence-corrected chi connectivity index (χ1v) is 8.67. The zero-order valence-corrected chi connectivity index (χ0v) is 12.8. The molecule has 0 aliphatic rings. The van der Waals surface area contributed by atoms with Gasteiger partial charge in [0, 0.05) is 33.0 Å². The van der Waals surface area contributed by atoms with Gasteiger partial charge in [-0.2, -0.15) is 0 Å². The van der Waals surface area contributed by atoms with Crippen molar-refractivity contribution in [2.75, 3.05) is 26.9 Å². The number of aliphatic hydroxyl groups is 1. The molecule has 0 aromatic heterocycles. The normalized spacial score (nSPS) is 14.3. The van der Waals surface area contributed by atoms with E-state index in [0.29, 0.717) is 19.3 Å². The van der Waals surface area contributed by atoms with Crippen LogP contribution in [0.4, 0.5) is 0 Å². The lowest BCUT2D eigenvalue weighted by Gasteiger charge is -2.27. The molecule has 1 rings (SSSR count). The SMILES string of the molecule is CCO[Si](Cc1ccccc1)(OC)OCCCCO. The van der Waals surface area contributed by atoms with Crippen molar-refractivity contribution < 1.29 is 18.4 Å². The molecule has 0 aliphatic carbocycles. The minimum Gasteiger partial charge on any atom is -0.396 e. The van der Waals surface area contributed by atoms with Crippen LogP contribution >= 0.6 is 0 Å². The summed E-state index contributed by atoms with van der Waals surface area (Å²) in [6.45, 7) is 3.28. The maximum absolute atomic E-state index is 8.78. The van der Waals surface area contributed by atoms with Crippen molar-refractivity contribution >= 4 is 8.80 Å². The summed E-state index contributed by atoms with van der Waals surface area (Å²) < 4.78 is 17.3. The van der Waals surface area contributed by atoms with Crippen molar-refractivity contribution in [2.24, 2.45) is 0 Å². The van der Waals surface area contributed by atoms with Gasteiger partial charge in [0.25, 0.3) is 0 Å². The van der Waals surface area contributed by atoms with Crippen molar-refractivity contribution in [3.05, 3.63) is 35.9 Å². The fraction of sp³-hybridized carbons (Fsp3) is 0.571. The summed E-state index contributed by atoms with van der Waals surface area (Å²) in [5, 5.41) is 8.78. The van der Waals surface area contributed by atoms with Crippen molar-refractivity contribution in [3.8, 4) is 0 Å². The Balaban J connectivity index is 2.63. The Kier molecular flexibility index (Phi) is 7.93. The Labute approximate surface area is 116 Å². The third-order valence-corrected chi connectivity index (χ3v) is 5.65.